The maximum absolute atomic E-state index is 13.1. The second-order valence-electron chi connectivity index (χ2n) is 12.3. The van der Waals surface area contributed by atoms with Gasteiger partial charge in [0.1, 0.15) is 17.0 Å². The Hall–Kier alpha value is -2.90. The molecule has 0 saturated carbocycles. The Labute approximate surface area is 274 Å². The van der Waals surface area contributed by atoms with Crippen LogP contribution in [-0.4, -0.2) is 83.3 Å². The fourth-order valence-corrected chi connectivity index (χ4v) is 6.54. The summed E-state index contributed by atoms with van der Waals surface area (Å²) in [6.45, 7) is 3.20. The molecule has 1 fully saturated rings. The number of thiazole rings is 1. The van der Waals surface area contributed by atoms with Crippen molar-refractivity contribution in [2.24, 2.45) is 5.41 Å². The van der Waals surface area contributed by atoms with Gasteiger partial charge in [0.25, 0.3) is 0 Å². The molecule has 5 rings (SSSR count). The van der Waals surface area contributed by atoms with E-state index in [9.17, 15) is 18.4 Å². The number of quaternary nitrogens is 1. The summed E-state index contributed by atoms with van der Waals surface area (Å²) < 4.78 is 37.2. The number of nitrogens with zero attached hydrogens (tertiary/aromatic N) is 2. The Bertz CT molecular complexity index is 1410. The smallest absolute Gasteiger partial charge is 0.306 e. The SMILES string of the molecule is CNCc1nc(-c2cc(S)ccc2OC)cs1.COC(=O)CC1(C=O)Cc2cc(F)c(F)cc2C1.C[N+](C)(C)C1CCNCC1. The minimum atomic E-state index is -0.937. The van der Waals surface area contributed by atoms with Gasteiger partial charge in [-0.25, -0.2) is 13.8 Å². The molecule has 1 saturated heterocycles. The zero-order valence-electron chi connectivity index (χ0n) is 26.9. The van der Waals surface area contributed by atoms with Gasteiger partial charge in [-0.2, -0.15) is 0 Å². The van der Waals surface area contributed by atoms with Crippen molar-refractivity contribution < 1.29 is 32.3 Å². The second kappa shape index (κ2) is 16.6. The summed E-state index contributed by atoms with van der Waals surface area (Å²) in [5.41, 5.74) is 2.14. The van der Waals surface area contributed by atoms with Gasteiger partial charge in [-0.3, -0.25) is 4.79 Å². The normalized spacial score (nSPS) is 15.6. The van der Waals surface area contributed by atoms with Crippen LogP contribution in [0.1, 0.15) is 35.4 Å². The van der Waals surface area contributed by atoms with Crippen molar-refractivity contribution >= 4 is 36.2 Å². The predicted molar refractivity (Wildman–Crippen MR) is 177 cm³/mol. The van der Waals surface area contributed by atoms with Crippen LogP contribution in [0.3, 0.4) is 0 Å². The Balaban J connectivity index is 0.000000192. The minimum Gasteiger partial charge on any atom is -0.496 e. The van der Waals surface area contributed by atoms with Crippen molar-refractivity contribution in [2.45, 2.75) is 49.6 Å². The number of nitrogens with one attached hydrogen (secondary N) is 2. The van der Waals surface area contributed by atoms with Crippen LogP contribution in [0, 0.1) is 17.0 Å². The maximum atomic E-state index is 13.1. The first kappa shape index (κ1) is 36.6. The van der Waals surface area contributed by atoms with Gasteiger partial charge in [-0.05, 0) is 61.3 Å². The molecule has 0 atom stereocenters. The van der Waals surface area contributed by atoms with E-state index in [2.05, 4.69) is 54.1 Å². The molecule has 246 valence electrons. The fourth-order valence-electron chi connectivity index (χ4n) is 5.53. The van der Waals surface area contributed by atoms with Crippen LogP contribution in [0.15, 0.2) is 40.6 Å². The van der Waals surface area contributed by atoms with E-state index in [-0.39, 0.29) is 19.3 Å². The standard InChI is InChI=1S/C13H12F2O3.C12H14N2OS2.C8H19N2/c1-18-12(17)6-13(7-16)4-8-2-10(14)11(15)3-9(8)5-13;1-13-6-12-14-10(7-17-12)9-5-8(16)3-4-11(9)15-2;1-10(2,3)8-4-6-9-7-5-8/h2-3,7H,4-6H2,1H3;3-5,7,13,16H,6H2,1-2H3;8-9H,4-7H2,1-3H3/q;;+1. The Kier molecular flexibility index (Phi) is 13.5. The number of benzene rings is 2. The summed E-state index contributed by atoms with van der Waals surface area (Å²) >= 11 is 5.99. The van der Waals surface area contributed by atoms with Gasteiger partial charge in [-0.15, -0.1) is 24.0 Å². The minimum absolute atomic E-state index is 0.0785. The first-order chi connectivity index (χ1) is 21.3. The van der Waals surface area contributed by atoms with E-state index in [4.69, 9.17) is 4.74 Å². The molecule has 2 N–H and O–H groups in total. The van der Waals surface area contributed by atoms with Crippen LogP contribution in [0.2, 0.25) is 0 Å². The van der Waals surface area contributed by atoms with Crippen LogP contribution >= 0.6 is 24.0 Å². The number of carbonyl (C=O) groups excluding carboxylic acids is 2. The highest BCUT2D eigenvalue weighted by Crippen LogP contribution is 2.39. The molecule has 0 spiro atoms. The number of piperidine rings is 1. The average Bonchev–Trinajstić information content (AvgIpc) is 3.62. The molecule has 1 aromatic heterocycles. The lowest BCUT2D eigenvalue weighted by Gasteiger charge is -2.36. The molecular weight excluding hydrogens is 619 g/mol. The van der Waals surface area contributed by atoms with E-state index in [1.54, 1.807) is 18.4 Å². The number of aromatic nitrogens is 1. The van der Waals surface area contributed by atoms with Crippen molar-refractivity contribution in [1.82, 2.24) is 15.6 Å². The van der Waals surface area contributed by atoms with Crippen LogP contribution in [-0.2, 0) is 33.7 Å². The van der Waals surface area contributed by atoms with Gasteiger partial charge in [0.2, 0.25) is 0 Å². The zero-order chi connectivity index (χ0) is 33.2. The summed E-state index contributed by atoms with van der Waals surface area (Å²) in [4.78, 5) is 28.0. The lowest BCUT2D eigenvalue weighted by molar-refractivity contribution is -0.897. The predicted octanol–water partition coefficient (Wildman–Crippen LogP) is 5.08. The number of fused-ring (bicyclic) bond motifs is 1. The number of hydrogen-bond donors (Lipinski definition) is 3. The number of rotatable bonds is 8. The highest BCUT2D eigenvalue weighted by Gasteiger charge is 2.40. The zero-order valence-corrected chi connectivity index (χ0v) is 28.6. The topological polar surface area (TPSA) is 89.6 Å². The van der Waals surface area contributed by atoms with Crippen molar-refractivity contribution in [3.05, 3.63) is 63.5 Å². The average molecular weight is 664 g/mol. The van der Waals surface area contributed by atoms with Crippen molar-refractivity contribution in [3.8, 4) is 17.0 Å². The Morgan fingerprint density at radius 3 is 2.24 bits per heavy atom. The van der Waals surface area contributed by atoms with Gasteiger partial charge >= 0.3 is 5.97 Å². The number of ether oxygens (including phenoxy) is 2. The lowest BCUT2D eigenvalue weighted by Crippen LogP contribution is -2.50. The molecular formula is C33H45F2N4O4S2+. The van der Waals surface area contributed by atoms with Gasteiger partial charge in [0, 0.05) is 53.7 Å². The van der Waals surface area contributed by atoms with Crippen molar-refractivity contribution in [3.63, 3.8) is 0 Å². The Morgan fingerprint density at radius 2 is 1.76 bits per heavy atom. The fraction of sp³-hybridized carbons (Fsp3) is 0.485. The number of methoxy groups -OCH3 is 2. The lowest BCUT2D eigenvalue weighted by atomic mass is 9.83. The van der Waals surface area contributed by atoms with Crippen LogP contribution in [0.4, 0.5) is 8.78 Å². The Morgan fingerprint density at radius 1 is 1.13 bits per heavy atom. The molecule has 0 radical (unpaired) electrons. The van der Waals surface area contributed by atoms with Crippen LogP contribution in [0.25, 0.3) is 11.3 Å². The quantitative estimate of drug-likeness (QED) is 0.134. The molecule has 0 amide bonds. The molecule has 45 heavy (non-hydrogen) atoms. The number of hydrogen-bond acceptors (Lipinski definition) is 9. The number of aldehydes is 1. The second-order valence-corrected chi connectivity index (χ2v) is 13.7. The summed E-state index contributed by atoms with van der Waals surface area (Å²) in [6, 6.07) is 8.85. The highest BCUT2D eigenvalue weighted by atomic mass is 32.1. The van der Waals surface area contributed by atoms with Crippen molar-refractivity contribution in [1.29, 1.82) is 0 Å². The summed E-state index contributed by atoms with van der Waals surface area (Å²) in [5.74, 6) is -1.55. The van der Waals surface area contributed by atoms with Gasteiger partial charge in [-0.1, -0.05) is 0 Å². The first-order valence-corrected chi connectivity index (χ1v) is 16.2. The molecule has 1 aliphatic carbocycles. The van der Waals surface area contributed by atoms with Gasteiger partial charge < -0.3 is 29.4 Å². The molecule has 3 aromatic rings. The summed E-state index contributed by atoms with van der Waals surface area (Å²) in [6.07, 6.45) is 3.74. The summed E-state index contributed by atoms with van der Waals surface area (Å²) in [5, 5.41) is 9.57. The van der Waals surface area contributed by atoms with E-state index >= 15 is 0 Å². The molecule has 2 aromatic carbocycles. The third kappa shape index (κ3) is 10.3. The number of halogens is 2. The van der Waals surface area contributed by atoms with E-state index in [1.807, 2.05) is 30.6 Å². The van der Waals surface area contributed by atoms with Gasteiger partial charge in [0.05, 0.1) is 53.5 Å². The van der Waals surface area contributed by atoms with Crippen molar-refractivity contribution in [2.75, 3.05) is 55.5 Å². The number of carbonyl (C=O) groups is 2. The molecule has 0 unspecified atom stereocenters. The molecule has 2 heterocycles. The number of thiol groups is 1. The van der Waals surface area contributed by atoms with E-state index in [0.717, 1.165) is 56.1 Å². The van der Waals surface area contributed by atoms with Gasteiger partial charge in [0.15, 0.2) is 11.6 Å². The molecule has 2 aliphatic rings. The molecule has 0 bridgehead atoms. The van der Waals surface area contributed by atoms with E-state index < -0.39 is 23.0 Å². The monoisotopic (exact) mass is 663 g/mol. The molecule has 8 nitrogen and oxygen atoms in total. The third-order valence-corrected chi connectivity index (χ3v) is 9.17. The van der Waals surface area contributed by atoms with Crippen LogP contribution in [0.5, 0.6) is 5.75 Å². The summed E-state index contributed by atoms with van der Waals surface area (Å²) in [7, 11) is 11.7. The molecule has 1 aliphatic heterocycles. The first-order valence-electron chi connectivity index (χ1n) is 14.8. The highest BCUT2D eigenvalue weighted by molar-refractivity contribution is 7.80. The largest absolute Gasteiger partial charge is 0.496 e. The van der Waals surface area contributed by atoms with Crippen LogP contribution < -0.4 is 15.4 Å². The van der Waals surface area contributed by atoms with E-state index in [1.165, 1.54) is 33.0 Å². The number of esters is 1. The molecule has 12 heteroatoms. The third-order valence-electron chi connectivity index (χ3n) is 8.04. The van der Waals surface area contributed by atoms with E-state index in [0.29, 0.717) is 17.4 Å². The maximum Gasteiger partial charge on any atom is 0.306 e.